The number of likely N-dealkylation sites (N-methyl/N-ethyl adjacent to an activating group) is 1. The van der Waals surface area contributed by atoms with Gasteiger partial charge in [-0.15, -0.1) is 11.3 Å². The van der Waals surface area contributed by atoms with E-state index in [0.717, 1.165) is 29.3 Å². The fourth-order valence-corrected chi connectivity index (χ4v) is 3.95. The van der Waals surface area contributed by atoms with Crippen molar-refractivity contribution in [2.45, 2.75) is 18.6 Å². The molecule has 1 aromatic carbocycles. The number of aliphatic hydroxyl groups excluding tert-OH is 1. The molecule has 0 aliphatic carbocycles. The first-order valence-corrected chi connectivity index (χ1v) is 8.70. The molecule has 2 atom stereocenters. The summed E-state index contributed by atoms with van der Waals surface area (Å²) in [7, 11) is 1.69. The van der Waals surface area contributed by atoms with Crippen molar-refractivity contribution in [2.75, 3.05) is 26.9 Å². The Labute approximate surface area is 143 Å². The third kappa shape index (κ3) is 2.68. The molecular formula is C17H18N2O4S. The number of amides is 1. The van der Waals surface area contributed by atoms with Gasteiger partial charge in [-0.2, -0.15) is 0 Å². The van der Waals surface area contributed by atoms with Crippen LogP contribution in [0.5, 0.6) is 5.75 Å². The second-order valence-corrected chi connectivity index (χ2v) is 7.07. The number of carbonyl (C=O) groups excluding carboxylic acids is 1. The first-order valence-electron chi connectivity index (χ1n) is 7.88. The number of thiazole rings is 1. The van der Waals surface area contributed by atoms with E-state index in [-0.39, 0.29) is 18.6 Å². The summed E-state index contributed by atoms with van der Waals surface area (Å²) in [6, 6.07) is 5.70. The van der Waals surface area contributed by atoms with Crippen molar-refractivity contribution in [3.8, 4) is 16.3 Å². The molecule has 2 aromatic rings. The highest BCUT2D eigenvalue weighted by Gasteiger charge is 2.33. The van der Waals surface area contributed by atoms with Crippen molar-refractivity contribution in [1.82, 2.24) is 9.88 Å². The maximum absolute atomic E-state index is 12.6. The van der Waals surface area contributed by atoms with Gasteiger partial charge in [-0.05, 0) is 23.8 Å². The maximum atomic E-state index is 12.6. The van der Waals surface area contributed by atoms with Crippen LogP contribution in [0.4, 0.5) is 0 Å². The van der Waals surface area contributed by atoms with Gasteiger partial charge in [0.15, 0.2) is 0 Å². The number of carbonyl (C=O) groups is 1. The Bertz CT molecular complexity index is 776. The van der Waals surface area contributed by atoms with E-state index in [4.69, 9.17) is 9.47 Å². The van der Waals surface area contributed by atoms with Crippen LogP contribution in [0.15, 0.2) is 24.4 Å². The normalized spacial score (nSPS) is 22.2. The minimum Gasteiger partial charge on any atom is -0.493 e. The largest absolute Gasteiger partial charge is 0.493 e. The molecule has 4 rings (SSSR count). The van der Waals surface area contributed by atoms with Gasteiger partial charge in [-0.1, -0.05) is 0 Å². The summed E-state index contributed by atoms with van der Waals surface area (Å²) < 4.78 is 10.7. The number of aliphatic hydroxyl groups is 1. The highest BCUT2D eigenvalue weighted by Crippen LogP contribution is 2.32. The Hall–Kier alpha value is -1.96. The Morgan fingerprint density at radius 3 is 3.08 bits per heavy atom. The first-order chi connectivity index (χ1) is 11.6. The van der Waals surface area contributed by atoms with E-state index < -0.39 is 6.10 Å². The lowest BCUT2D eigenvalue weighted by atomic mass is 10.1. The van der Waals surface area contributed by atoms with E-state index in [1.54, 1.807) is 18.1 Å². The average Bonchev–Trinajstić information content (AvgIpc) is 3.32. The topological polar surface area (TPSA) is 71.9 Å². The van der Waals surface area contributed by atoms with Crippen LogP contribution < -0.4 is 4.74 Å². The SMILES string of the molecule is CN(C(=O)c1cnc(-c2ccc3c(c2)CCO3)s1)[C@@H]1COC[C@H]1O. The van der Waals surface area contributed by atoms with Crippen LogP contribution in [-0.2, 0) is 11.2 Å². The fraction of sp³-hybridized carbons (Fsp3) is 0.412. The van der Waals surface area contributed by atoms with Gasteiger partial charge in [0.05, 0.1) is 38.2 Å². The predicted molar refractivity (Wildman–Crippen MR) is 89.5 cm³/mol. The predicted octanol–water partition coefficient (Wildman–Crippen LogP) is 1.58. The van der Waals surface area contributed by atoms with Crippen molar-refractivity contribution in [3.05, 3.63) is 34.8 Å². The number of ether oxygens (including phenoxy) is 2. The third-order valence-corrected chi connectivity index (χ3v) is 5.53. The highest BCUT2D eigenvalue weighted by atomic mass is 32.1. The van der Waals surface area contributed by atoms with Gasteiger partial charge in [-0.25, -0.2) is 4.98 Å². The standard InChI is InChI=1S/C17H18N2O4S/c1-19(12-8-22-9-13(12)20)17(21)15-7-18-16(24-15)11-2-3-14-10(6-11)4-5-23-14/h2-3,6-7,12-13,20H,4-5,8-9H2,1H3/t12-,13-/m1/s1. The van der Waals surface area contributed by atoms with Gasteiger partial charge >= 0.3 is 0 Å². The number of rotatable bonds is 3. The van der Waals surface area contributed by atoms with Crippen LogP contribution >= 0.6 is 11.3 Å². The molecule has 1 amide bonds. The second-order valence-electron chi connectivity index (χ2n) is 6.04. The van der Waals surface area contributed by atoms with Gasteiger partial charge in [0.1, 0.15) is 15.6 Å². The van der Waals surface area contributed by atoms with Crippen LogP contribution in [0.3, 0.4) is 0 Å². The summed E-state index contributed by atoms with van der Waals surface area (Å²) in [5.74, 6) is 0.791. The van der Waals surface area contributed by atoms with Crippen LogP contribution in [-0.4, -0.2) is 59.9 Å². The number of hydrogen-bond acceptors (Lipinski definition) is 6. The summed E-state index contributed by atoms with van der Waals surface area (Å²) in [5, 5.41) is 10.7. The van der Waals surface area contributed by atoms with Crippen molar-refractivity contribution < 1.29 is 19.4 Å². The lowest BCUT2D eigenvalue weighted by Gasteiger charge is -2.24. The second kappa shape index (κ2) is 6.16. The zero-order chi connectivity index (χ0) is 16.7. The van der Waals surface area contributed by atoms with Gasteiger partial charge in [0.2, 0.25) is 0 Å². The molecule has 6 nitrogen and oxygen atoms in total. The van der Waals surface area contributed by atoms with Gasteiger partial charge in [-0.3, -0.25) is 4.79 Å². The van der Waals surface area contributed by atoms with E-state index in [1.165, 1.54) is 16.9 Å². The minimum atomic E-state index is -0.636. The third-order valence-electron chi connectivity index (χ3n) is 4.49. The van der Waals surface area contributed by atoms with E-state index >= 15 is 0 Å². The fourth-order valence-electron chi connectivity index (χ4n) is 3.05. The molecule has 24 heavy (non-hydrogen) atoms. The van der Waals surface area contributed by atoms with Crippen LogP contribution in [0.25, 0.3) is 10.6 Å². The summed E-state index contributed by atoms with van der Waals surface area (Å²) in [6.07, 6.45) is 1.87. The Morgan fingerprint density at radius 1 is 1.42 bits per heavy atom. The number of nitrogens with zero attached hydrogens (tertiary/aromatic N) is 2. The Kier molecular flexibility index (Phi) is 3.99. The average molecular weight is 346 g/mol. The molecule has 1 saturated heterocycles. The molecule has 0 spiro atoms. The van der Waals surface area contributed by atoms with E-state index in [2.05, 4.69) is 11.1 Å². The van der Waals surface area contributed by atoms with E-state index in [0.29, 0.717) is 11.5 Å². The molecule has 126 valence electrons. The molecule has 1 fully saturated rings. The van der Waals surface area contributed by atoms with Crippen molar-refractivity contribution >= 4 is 17.2 Å². The van der Waals surface area contributed by atoms with E-state index in [9.17, 15) is 9.90 Å². The van der Waals surface area contributed by atoms with Gasteiger partial charge < -0.3 is 19.5 Å². The lowest BCUT2D eigenvalue weighted by Crippen LogP contribution is -2.43. The van der Waals surface area contributed by atoms with Crippen molar-refractivity contribution in [1.29, 1.82) is 0 Å². The van der Waals surface area contributed by atoms with Crippen LogP contribution in [0.1, 0.15) is 15.2 Å². The lowest BCUT2D eigenvalue weighted by molar-refractivity contribution is 0.0585. The summed E-state index contributed by atoms with van der Waals surface area (Å²) in [4.78, 5) is 19.1. The first kappa shape index (κ1) is 15.6. The quantitative estimate of drug-likeness (QED) is 0.913. The Morgan fingerprint density at radius 2 is 2.29 bits per heavy atom. The Balaban J connectivity index is 1.55. The summed E-state index contributed by atoms with van der Waals surface area (Å²) >= 11 is 1.36. The molecule has 1 aromatic heterocycles. The monoisotopic (exact) mass is 346 g/mol. The molecule has 0 bridgehead atoms. The smallest absolute Gasteiger partial charge is 0.265 e. The number of benzene rings is 1. The molecule has 0 saturated carbocycles. The molecule has 7 heteroatoms. The van der Waals surface area contributed by atoms with Gasteiger partial charge in [0, 0.05) is 19.0 Å². The molecule has 0 unspecified atom stereocenters. The molecule has 2 aliphatic heterocycles. The maximum Gasteiger partial charge on any atom is 0.265 e. The minimum absolute atomic E-state index is 0.141. The summed E-state index contributed by atoms with van der Waals surface area (Å²) in [6.45, 7) is 1.35. The summed E-state index contributed by atoms with van der Waals surface area (Å²) in [5.41, 5.74) is 2.18. The molecular weight excluding hydrogens is 328 g/mol. The van der Waals surface area contributed by atoms with Crippen LogP contribution in [0, 0.1) is 0 Å². The van der Waals surface area contributed by atoms with E-state index in [1.807, 2.05) is 12.1 Å². The highest BCUT2D eigenvalue weighted by molar-refractivity contribution is 7.16. The molecule has 0 radical (unpaired) electrons. The zero-order valence-corrected chi connectivity index (χ0v) is 14.1. The van der Waals surface area contributed by atoms with Crippen LogP contribution in [0.2, 0.25) is 0 Å². The number of hydrogen-bond donors (Lipinski definition) is 1. The molecule has 2 aliphatic rings. The van der Waals surface area contributed by atoms with Gasteiger partial charge in [0.25, 0.3) is 5.91 Å². The number of fused-ring (bicyclic) bond motifs is 1. The van der Waals surface area contributed by atoms with Crippen molar-refractivity contribution in [3.63, 3.8) is 0 Å². The zero-order valence-electron chi connectivity index (χ0n) is 13.3. The molecule has 3 heterocycles. The molecule has 1 N–H and O–H groups in total. The number of aromatic nitrogens is 1. The van der Waals surface area contributed by atoms with Crippen molar-refractivity contribution in [2.24, 2.45) is 0 Å².